The van der Waals surface area contributed by atoms with Crippen LogP contribution < -0.4 is 0 Å². The number of carbonyl (C=O) groups is 4. The van der Waals surface area contributed by atoms with E-state index in [0.29, 0.717) is 0 Å². The molecule has 0 atom stereocenters. The van der Waals surface area contributed by atoms with Crippen LogP contribution in [0.2, 0.25) is 0 Å². The molecular formula is C8H17CuNaO8. The Bertz CT molecular complexity index is 167. The van der Waals surface area contributed by atoms with E-state index in [-0.39, 0.29) is 46.6 Å². The normalized spacial score (nSPS) is 5.56. The summed E-state index contributed by atoms with van der Waals surface area (Å²) in [6.45, 7) is 4.33. The molecule has 10 heteroatoms. The van der Waals surface area contributed by atoms with Crippen LogP contribution in [0.25, 0.3) is 0 Å². The van der Waals surface area contributed by atoms with Crippen LogP contribution in [0.5, 0.6) is 0 Å². The molecular weight excluding hydrogens is 311 g/mol. The maximum atomic E-state index is 9.00. The van der Waals surface area contributed by atoms with Gasteiger partial charge in [-0.15, -0.1) is 0 Å². The molecule has 0 unspecified atom stereocenters. The monoisotopic (exact) mass is 327 g/mol. The van der Waals surface area contributed by atoms with E-state index in [1.165, 1.54) is 0 Å². The zero-order valence-corrected chi connectivity index (χ0v) is 10.7. The quantitative estimate of drug-likeness (QED) is 0.443. The van der Waals surface area contributed by atoms with Crippen molar-refractivity contribution in [3.63, 3.8) is 0 Å². The summed E-state index contributed by atoms with van der Waals surface area (Å²) < 4.78 is 0. The summed E-state index contributed by atoms with van der Waals surface area (Å²) in [5.74, 6) is -3.33. The number of hydrogen-bond donors (Lipinski definition) is 4. The summed E-state index contributed by atoms with van der Waals surface area (Å²) in [7, 11) is 0. The van der Waals surface area contributed by atoms with Crippen molar-refractivity contribution in [2.75, 3.05) is 0 Å². The van der Waals surface area contributed by atoms with Crippen LogP contribution in [0.3, 0.4) is 0 Å². The number of aliphatic carboxylic acids is 4. The van der Waals surface area contributed by atoms with Crippen LogP contribution in [0.1, 0.15) is 27.7 Å². The summed E-state index contributed by atoms with van der Waals surface area (Å²) in [5, 5.41) is 29.7. The molecule has 18 heavy (non-hydrogen) atoms. The Morgan fingerprint density at radius 2 is 0.556 bits per heavy atom. The second-order valence-electron chi connectivity index (χ2n) is 2.08. The summed E-state index contributed by atoms with van der Waals surface area (Å²) in [6, 6.07) is 0. The predicted octanol–water partition coefficient (Wildman–Crippen LogP) is -0.287. The van der Waals surface area contributed by atoms with Gasteiger partial charge in [-0.1, -0.05) is 0 Å². The third-order valence-corrected chi connectivity index (χ3v) is 0. The molecule has 1 radical (unpaired) electrons. The van der Waals surface area contributed by atoms with Crippen molar-refractivity contribution in [1.82, 2.24) is 0 Å². The predicted molar refractivity (Wildman–Crippen MR) is 60.4 cm³/mol. The van der Waals surface area contributed by atoms with E-state index < -0.39 is 23.9 Å². The molecule has 0 aliphatic carbocycles. The van der Waals surface area contributed by atoms with Crippen molar-refractivity contribution >= 4 is 53.4 Å². The van der Waals surface area contributed by atoms with E-state index in [0.717, 1.165) is 27.7 Å². The van der Waals surface area contributed by atoms with Gasteiger partial charge in [-0.2, -0.15) is 0 Å². The minimum absolute atomic E-state index is 0. The number of rotatable bonds is 0. The second-order valence-corrected chi connectivity index (χ2v) is 2.08. The molecule has 0 amide bonds. The Labute approximate surface area is 137 Å². The first kappa shape index (κ1) is 36.0. The van der Waals surface area contributed by atoms with Gasteiger partial charge in [0.15, 0.2) is 0 Å². The molecule has 0 rings (SSSR count). The fraction of sp³-hybridized carbons (Fsp3) is 0.500. The average Bonchev–Trinajstić information content (AvgIpc) is 1.76. The third kappa shape index (κ3) is 8850. The fourth-order valence-electron chi connectivity index (χ4n) is 0. The maximum absolute atomic E-state index is 9.00. The molecule has 0 spiro atoms. The molecule has 0 fully saturated rings. The van der Waals surface area contributed by atoms with Gasteiger partial charge in [0.1, 0.15) is 0 Å². The number of carboxylic acids is 4. The van der Waals surface area contributed by atoms with Gasteiger partial charge in [-0.25, -0.2) is 0 Å². The van der Waals surface area contributed by atoms with E-state index in [1.54, 1.807) is 0 Å². The van der Waals surface area contributed by atoms with Crippen LogP contribution in [0.15, 0.2) is 0 Å². The molecule has 0 bridgehead atoms. The van der Waals surface area contributed by atoms with Gasteiger partial charge in [-0.05, 0) is 0 Å². The number of carboxylic acid groups (broad SMARTS) is 4. The van der Waals surface area contributed by atoms with E-state index in [4.69, 9.17) is 39.6 Å². The Kier molecular flexibility index (Phi) is 59.9. The molecule has 0 heterocycles. The summed E-state index contributed by atoms with van der Waals surface area (Å²) in [4.78, 5) is 36.0. The molecule has 0 aliphatic rings. The molecule has 0 aromatic rings. The van der Waals surface area contributed by atoms with E-state index in [9.17, 15) is 0 Å². The molecule has 109 valence electrons. The van der Waals surface area contributed by atoms with Crippen LogP contribution in [-0.2, 0) is 36.2 Å². The zero-order chi connectivity index (χ0) is 14.3. The van der Waals surface area contributed by atoms with Crippen molar-refractivity contribution in [3.8, 4) is 0 Å². The first-order valence-corrected chi connectivity index (χ1v) is 3.71. The van der Waals surface area contributed by atoms with Crippen LogP contribution >= 0.6 is 0 Å². The second kappa shape index (κ2) is 29.9. The van der Waals surface area contributed by atoms with Crippen LogP contribution in [-0.4, -0.2) is 73.9 Å². The zero-order valence-electron chi connectivity index (χ0n) is 9.72. The minimum atomic E-state index is -0.833. The fourth-order valence-corrected chi connectivity index (χ4v) is 0. The van der Waals surface area contributed by atoms with Gasteiger partial charge in [0.2, 0.25) is 0 Å². The Balaban J connectivity index is -0.0000000257. The topological polar surface area (TPSA) is 149 Å². The van der Waals surface area contributed by atoms with Gasteiger partial charge in [0.05, 0.1) is 0 Å². The molecule has 0 aromatic carbocycles. The van der Waals surface area contributed by atoms with Crippen molar-refractivity contribution in [2.45, 2.75) is 27.7 Å². The van der Waals surface area contributed by atoms with Gasteiger partial charge < -0.3 is 20.4 Å². The number of hydrogen-bond acceptors (Lipinski definition) is 4. The first-order chi connectivity index (χ1) is 6.93. The van der Waals surface area contributed by atoms with Gasteiger partial charge in [-0.3, -0.25) is 19.2 Å². The van der Waals surface area contributed by atoms with E-state index >= 15 is 0 Å². The van der Waals surface area contributed by atoms with Crippen molar-refractivity contribution in [2.24, 2.45) is 0 Å². The summed E-state index contributed by atoms with van der Waals surface area (Å²) >= 11 is 0. The standard InChI is InChI=1S/4C2H4O2.Cu.Na.H/c4*1-2(3)4;;;/h4*1H3,(H,3,4);;;. The molecule has 0 saturated carbocycles. The van der Waals surface area contributed by atoms with E-state index in [1.807, 2.05) is 0 Å². The molecule has 0 aliphatic heterocycles. The van der Waals surface area contributed by atoms with Gasteiger partial charge in [0.25, 0.3) is 23.9 Å². The SMILES string of the molecule is CC(=O)O.CC(=O)O.CC(=O)O.CC(=O)O.[Cu].[NaH]. The Morgan fingerprint density at radius 1 is 0.556 bits per heavy atom. The van der Waals surface area contributed by atoms with Crippen molar-refractivity contribution in [3.05, 3.63) is 0 Å². The van der Waals surface area contributed by atoms with Crippen LogP contribution in [0.4, 0.5) is 0 Å². The first-order valence-electron chi connectivity index (χ1n) is 3.71. The van der Waals surface area contributed by atoms with Gasteiger partial charge in [0, 0.05) is 44.8 Å². The molecule has 4 N–H and O–H groups in total. The summed E-state index contributed by atoms with van der Waals surface area (Å²) in [6.07, 6.45) is 0. The molecule has 0 saturated heterocycles. The molecule has 0 aromatic heterocycles. The summed E-state index contributed by atoms with van der Waals surface area (Å²) in [5.41, 5.74) is 0. The van der Waals surface area contributed by atoms with Crippen molar-refractivity contribution < 1.29 is 56.7 Å². The Hall–Kier alpha value is -0.601. The van der Waals surface area contributed by atoms with Crippen LogP contribution in [0, 0.1) is 0 Å². The van der Waals surface area contributed by atoms with Gasteiger partial charge >= 0.3 is 29.6 Å². The van der Waals surface area contributed by atoms with E-state index in [2.05, 4.69) is 0 Å². The Morgan fingerprint density at radius 3 is 0.556 bits per heavy atom. The third-order valence-electron chi connectivity index (χ3n) is 0. The average molecular weight is 328 g/mol. The molecule has 8 nitrogen and oxygen atoms in total. The van der Waals surface area contributed by atoms with Crippen molar-refractivity contribution in [1.29, 1.82) is 0 Å².